The van der Waals surface area contributed by atoms with Crippen LogP contribution in [0.15, 0.2) is 40.9 Å². The molecule has 21 heavy (non-hydrogen) atoms. The summed E-state index contributed by atoms with van der Waals surface area (Å²) in [7, 11) is 0. The average molecular weight is 371 g/mol. The molecule has 0 atom stereocenters. The highest BCUT2D eigenvalue weighted by Crippen LogP contribution is 2.36. The molecule has 108 valence electrons. The number of carbonyl (C=O) groups is 1. The number of hydrogen-bond donors (Lipinski definition) is 0. The Morgan fingerprint density at radius 1 is 1.24 bits per heavy atom. The first-order valence-electron chi connectivity index (χ1n) is 5.81. The molecule has 2 aromatic carbocycles. The number of nitro benzene ring substituents is 1. The molecule has 0 radical (unpaired) electrons. The van der Waals surface area contributed by atoms with Crippen LogP contribution in [0.3, 0.4) is 0 Å². The number of nitrogens with zero attached hydrogens (tertiary/aromatic N) is 1. The van der Waals surface area contributed by atoms with Crippen molar-refractivity contribution < 1.29 is 14.5 Å². The van der Waals surface area contributed by atoms with Gasteiger partial charge in [0, 0.05) is 11.6 Å². The van der Waals surface area contributed by atoms with E-state index in [0.29, 0.717) is 15.8 Å². The van der Waals surface area contributed by atoms with Crippen LogP contribution in [0.1, 0.15) is 17.3 Å². The van der Waals surface area contributed by atoms with Crippen molar-refractivity contribution in [2.75, 3.05) is 0 Å². The summed E-state index contributed by atoms with van der Waals surface area (Å²) in [6.07, 6.45) is 0. The summed E-state index contributed by atoms with van der Waals surface area (Å²) in [6, 6.07) is 8.78. The lowest BCUT2D eigenvalue weighted by Gasteiger charge is -2.10. The summed E-state index contributed by atoms with van der Waals surface area (Å²) < 4.78 is 6.13. The lowest BCUT2D eigenvalue weighted by atomic mass is 10.1. The van der Waals surface area contributed by atoms with Crippen molar-refractivity contribution in [1.29, 1.82) is 0 Å². The third kappa shape index (κ3) is 3.59. The Morgan fingerprint density at radius 2 is 1.95 bits per heavy atom. The number of carbonyl (C=O) groups excluding carboxylic acids is 1. The second kappa shape index (κ2) is 6.24. The van der Waals surface area contributed by atoms with Crippen molar-refractivity contribution in [3.8, 4) is 11.5 Å². The van der Waals surface area contributed by atoms with Gasteiger partial charge in [0.05, 0.1) is 20.5 Å². The van der Waals surface area contributed by atoms with Gasteiger partial charge in [0.1, 0.15) is 11.5 Å². The van der Waals surface area contributed by atoms with Gasteiger partial charge in [-0.05, 0) is 47.1 Å². The molecule has 0 aromatic heterocycles. The van der Waals surface area contributed by atoms with E-state index >= 15 is 0 Å². The monoisotopic (exact) mass is 369 g/mol. The summed E-state index contributed by atoms with van der Waals surface area (Å²) in [4.78, 5) is 21.5. The van der Waals surface area contributed by atoms with Gasteiger partial charge in [-0.2, -0.15) is 0 Å². The second-order valence-corrected chi connectivity index (χ2v) is 5.44. The fraction of sp³-hybridized carbons (Fsp3) is 0.0714. The van der Waals surface area contributed by atoms with Crippen molar-refractivity contribution >= 4 is 39.0 Å². The fourth-order valence-electron chi connectivity index (χ4n) is 1.60. The van der Waals surface area contributed by atoms with Gasteiger partial charge in [-0.15, -0.1) is 0 Å². The molecule has 0 aliphatic carbocycles. The molecular weight excluding hydrogens is 362 g/mol. The number of benzene rings is 2. The normalized spacial score (nSPS) is 10.2. The fourth-order valence-corrected chi connectivity index (χ4v) is 2.15. The first-order valence-corrected chi connectivity index (χ1v) is 6.98. The lowest BCUT2D eigenvalue weighted by Crippen LogP contribution is -1.94. The third-order valence-electron chi connectivity index (χ3n) is 2.68. The number of rotatable bonds is 4. The van der Waals surface area contributed by atoms with Gasteiger partial charge in [-0.1, -0.05) is 11.6 Å². The van der Waals surface area contributed by atoms with Crippen molar-refractivity contribution in [3.05, 3.63) is 61.6 Å². The van der Waals surface area contributed by atoms with E-state index in [1.165, 1.54) is 31.2 Å². The van der Waals surface area contributed by atoms with E-state index in [2.05, 4.69) is 15.9 Å². The highest BCUT2D eigenvalue weighted by Gasteiger charge is 2.13. The van der Waals surface area contributed by atoms with E-state index in [1.54, 1.807) is 12.1 Å². The van der Waals surface area contributed by atoms with Crippen LogP contribution >= 0.6 is 27.5 Å². The minimum absolute atomic E-state index is 0.0929. The number of non-ortho nitro benzene ring substituents is 1. The van der Waals surface area contributed by atoms with Crippen LogP contribution in [0, 0.1) is 10.1 Å². The molecule has 0 aliphatic rings. The zero-order chi connectivity index (χ0) is 15.6. The smallest absolute Gasteiger partial charge is 0.273 e. The first kappa shape index (κ1) is 15.5. The molecule has 5 nitrogen and oxygen atoms in total. The van der Waals surface area contributed by atoms with E-state index < -0.39 is 4.92 Å². The standard InChI is InChI=1S/C14H9BrClNO4/c1-8(18)9-2-5-13(12(16)6-9)21-14-7-10(17(19)20)3-4-11(14)15/h2-7H,1H3. The third-order valence-corrected chi connectivity index (χ3v) is 3.63. The predicted molar refractivity (Wildman–Crippen MR) is 82.3 cm³/mol. The largest absolute Gasteiger partial charge is 0.454 e. The number of Topliss-reactive ketones (excluding diaryl/α,β-unsaturated/α-hetero) is 1. The maximum absolute atomic E-state index is 11.3. The van der Waals surface area contributed by atoms with Crippen LogP contribution in [0.2, 0.25) is 5.02 Å². The van der Waals surface area contributed by atoms with Crippen molar-refractivity contribution in [2.24, 2.45) is 0 Å². The van der Waals surface area contributed by atoms with Gasteiger partial charge >= 0.3 is 0 Å². The van der Waals surface area contributed by atoms with E-state index in [4.69, 9.17) is 16.3 Å². The molecule has 0 bridgehead atoms. The van der Waals surface area contributed by atoms with Gasteiger partial charge in [0.25, 0.3) is 5.69 Å². The minimum Gasteiger partial charge on any atom is -0.454 e. The number of halogens is 2. The topological polar surface area (TPSA) is 69.4 Å². The van der Waals surface area contributed by atoms with Gasteiger partial charge in [0.15, 0.2) is 5.78 Å². The number of hydrogen-bond acceptors (Lipinski definition) is 4. The SMILES string of the molecule is CC(=O)c1ccc(Oc2cc([N+](=O)[O-])ccc2Br)c(Cl)c1. The van der Waals surface area contributed by atoms with Crippen LogP contribution in [0.25, 0.3) is 0 Å². The highest BCUT2D eigenvalue weighted by atomic mass is 79.9. The van der Waals surface area contributed by atoms with Crippen LogP contribution in [-0.4, -0.2) is 10.7 Å². The lowest BCUT2D eigenvalue weighted by molar-refractivity contribution is -0.384. The molecule has 2 aromatic rings. The summed E-state index contributed by atoms with van der Waals surface area (Å²) in [6.45, 7) is 1.43. The van der Waals surface area contributed by atoms with Crippen LogP contribution in [-0.2, 0) is 0 Å². The van der Waals surface area contributed by atoms with Crippen LogP contribution < -0.4 is 4.74 Å². The quantitative estimate of drug-likeness (QED) is 0.431. The molecule has 2 rings (SSSR count). The van der Waals surface area contributed by atoms with E-state index in [1.807, 2.05) is 0 Å². The van der Waals surface area contributed by atoms with Gasteiger partial charge in [0.2, 0.25) is 0 Å². The highest BCUT2D eigenvalue weighted by molar-refractivity contribution is 9.10. The summed E-state index contributed by atoms with van der Waals surface area (Å²) >= 11 is 9.31. The van der Waals surface area contributed by atoms with Gasteiger partial charge in [-0.25, -0.2) is 0 Å². The molecule has 0 saturated heterocycles. The molecular formula is C14H9BrClNO4. The maximum Gasteiger partial charge on any atom is 0.273 e. The van der Waals surface area contributed by atoms with Crippen molar-refractivity contribution in [3.63, 3.8) is 0 Å². The first-order chi connectivity index (χ1) is 9.88. The number of ether oxygens (including phenoxy) is 1. The molecule has 0 saturated carbocycles. The summed E-state index contributed by atoms with van der Waals surface area (Å²) in [5, 5.41) is 11.0. The molecule has 0 heterocycles. The van der Waals surface area contributed by atoms with Crippen molar-refractivity contribution in [2.45, 2.75) is 6.92 Å². The van der Waals surface area contributed by atoms with E-state index in [9.17, 15) is 14.9 Å². The van der Waals surface area contributed by atoms with Crippen molar-refractivity contribution in [1.82, 2.24) is 0 Å². The van der Waals surface area contributed by atoms with E-state index in [0.717, 1.165) is 0 Å². The molecule has 0 amide bonds. The zero-order valence-electron chi connectivity index (χ0n) is 10.8. The molecule has 0 unspecified atom stereocenters. The summed E-state index contributed by atoms with van der Waals surface area (Å²) in [5.41, 5.74) is 0.370. The molecule has 0 fully saturated rings. The summed E-state index contributed by atoms with van der Waals surface area (Å²) in [5.74, 6) is 0.463. The number of nitro groups is 1. The maximum atomic E-state index is 11.3. The second-order valence-electron chi connectivity index (χ2n) is 4.18. The zero-order valence-corrected chi connectivity index (χ0v) is 13.1. The van der Waals surface area contributed by atoms with E-state index in [-0.39, 0.29) is 22.2 Å². The molecule has 0 spiro atoms. The number of ketones is 1. The Labute approximate surface area is 133 Å². The Kier molecular flexibility index (Phi) is 4.59. The minimum atomic E-state index is -0.514. The predicted octanol–water partition coefficient (Wildman–Crippen LogP) is 5.01. The molecule has 7 heteroatoms. The van der Waals surface area contributed by atoms with Crippen LogP contribution in [0.4, 0.5) is 5.69 Å². The Morgan fingerprint density at radius 3 is 2.52 bits per heavy atom. The Balaban J connectivity index is 2.36. The van der Waals surface area contributed by atoms with Crippen LogP contribution in [0.5, 0.6) is 11.5 Å². The average Bonchev–Trinajstić information content (AvgIpc) is 2.42. The Bertz CT molecular complexity index is 733. The molecule has 0 N–H and O–H groups in total. The van der Waals surface area contributed by atoms with Gasteiger partial charge in [-0.3, -0.25) is 14.9 Å². The van der Waals surface area contributed by atoms with Gasteiger partial charge < -0.3 is 4.74 Å². The Hall–Kier alpha value is -1.92. The molecule has 0 aliphatic heterocycles.